The van der Waals surface area contributed by atoms with Crippen molar-refractivity contribution in [3.8, 4) is 5.75 Å². The van der Waals surface area contributed by atoms with Gasteiger partial charge < -0.3 is 9.46 Å². The van der Waals surface area contributed by atoms with Crippen LogP contribution in [0.15, 0.2) is 70.5 Å². The van der Waals surface area contributed by atoms with Gasteiger partial charge in [0.05, 0.1) is 12.0 Å². The molecule has 0 spiro atoms. The second kappa shape index (κ2) is 7.67. The van der Waals surface area contributed by atoms with Crippen molar-refractivity contribution in [1.82, 2.24) is 4.31 Å². The molecule has 0 aliphatic rings. The number of methoxy groups -OCH3 is 1. The monoisotopic (exact) mass is 404 g/mol. The first-order chi connectivity index (χ1) is 12.8. The fourth-order valence-corrected chi connectivity index (χ4v) is 4.71. The highest BCUT2D eigenvalue weighted by atomic mass is 32.2. The molecule has 0 saturated carbocycles. The summed E-state index contributed by atoms with van der Waals surface area (Å²) in [4.78, 5) is 0.715. The lowest BCUT2D eigenvalue weighted by Gasteiger charge is -2.14. The Balaban J connectivity index is 1.94. The molecule has 0 aromatic heterocycles. The van der Waals surface area contributed by atoms with E-state index in [4.69, 9.17) is 4.74 Å². The smallest absolute Gasteiger partial charge is 0.242 e. The van der Waals surface area contributed by atoms with E-state index in [1.165, 1.54) is 33.3 Å². The molecular formula is C19H20N2O4S2. The van der Waals surface area contributed by atoms with E-state index in [9.17, 15) is 12.6 Å². The van der Waals surface area contributed by atoms with Crippen molar-refractivity contribution >= 4 is 37.5 Å². The number of benzene rings is 3. The Labute approximate surface area is 161 Å². The zero-order chi connectivity index (χ0) is 19.6. The summed E-state index contributed by atoms with van der Waals surface area (Å²) >= 11 is 0. The molecule has 1 unspecified atom stereocenters. The van der Waals surface area contributed by atoms with Gasteiger partial charge in [-0.1, -0.05) is 30.3 Å². The van der Waals surface area contributed by atoms with Gasteiger partial charge in [-0.05, 0) is 35.7 Å². The van der Waals surface area contributed by atoms with E-state index in [0.717, 1.165) is 15.1 Å². The maximum absolute atomic E-state index is 13.0. The summed E-state index contributed by atoms with van der Waals surface area (Å²) in [5, 5.41) is 1.78. The number of nitrogens with one attached hydrogen (secondary N) is 1. The topological polar surface area (TPSA) is 75.7 Å². The molecule has 0 bridgehead atoms. The predicted molar refractivity (Wildman–Crippen MR) is 108 cm³/mol. The quantitative estimate of drug-likeness (QED) is 0.684. The van der Waals surface area contributed by atoms with Crippen molar-refractivity contribution in [2.24, 2.45) is 0 Å². The number of anilines is 1. The summed E-state index contributed by atoms with van der Waals surface area (Å²) in [6, 6.07) is 17.5. The third-order valence-electron chi connectivity index (χ3n) is 4.09. The van der Waals surface area contributed by atoms with E-state index in [1.54, 1.807) is 18.2 Å². The van der Waals surface area contributed by atoms with Crippen LogP contribution in [0.3, 0.4) is 0 Å². The van der Waals surface area contributed by atoms with Crippen LogP contribution in [0.2, 0.25) is 0 Å². The molecule has 0 radical (unpaired) electrons. The number of nitrogens with zero attached hydrogens (tertiary/aromatic N) is 1. The van der Waals surface area contributed by atoms with E-state index in [0.29, 0.717) is 16.3 Å². The van der Waals surface area contributed by atoms with E-state index in [-0.39, 0.29) is 4.90 Å². The van der Waals surface area contributed by atoms with Crippen LogP contribution in [0.5, 0.6) is 5.75 Å². The summed E-state index contributed by atoms with van der Waals surface area (Å²) in [5.74, 6) is 0.520. The fourth-order valence-electron chi connectivity index (χ4n) is 2.64. The molecule has 0 amide bonds. The molecule has 3 aromatic carbocycles. The second-order valence-electron chi connectivity index (χ2n) is 6.00. The Bertz CT molecular complexity index is 1090. The van der Waals surface area contributed by atoms with Crippen molar-refractivity contribution in [1.29, 1.82) is 0 Å². The van der Waals surface area contributed by atoms with Gasteiger partial charge in [-0.15, -0.1) is 0 Å². The zero-order valence-corrected chi connectivity index (χ0v) is 16.8. The summed E-state index contributed by atoms with van der Waals surface area (Å²) in [6.07, 6.45) is 0. The second-order valence-corrected chi connectivity index (χ2v) is 9.30. The lowest BCUT2D eigenvalue weighted by Crippen LogP contribution is -2.22. The van der Waals surface area contributed by atoms with E-state index >= 15 is 0 Å². The van der Waals surface area contributed by atoms with Gasteiger partial charge in [-0.25, -0.2) is 16.9 Å². The molecule has 0 saturated heterocycles. The van der Waals surface area contributed by atoms with Gasteiger partial charge in [0.15, 0.2) is 11.0 Å². The van der Waals surface area contributed by atoms with E-state index in [1.807, 2.05) is 30.3 Å². The molecule has 8 heteroatoms. The van der Waals surface area contributed by atoms with Gasteiger partial charge in [0.25, 0.3) is 0 Å². The average molecular weight is 405 g/mol. The molecule has 0 fully saturated rings. The molecule has 0 heterocycles. The Morgan fingerprint density at radius 2 is 1.63 bits per heavy atom. The molecule has 1 N–H and O–H groups in total. The maximum Gasteiger partial charge on any atom is 0.242 e. The lowest BCUT2D eigenvalue weighted by molar-refractivity contribution is 0.405. The molecule has 0 aliphatic carbocycles. The van der Waals surface area contributed by atoms with Crippen molar-refractivity contribution in [3.63, 3.8) is 0 Å². The minimum atomic E-state index is -3.50. The fraction of sp³-hybridized carbons (Fsp3) is 0.158. The molecule has 1 atom stereocenters. The molecular weight excluding hydrogens is 384 g/mol. The number of hydrogen-bond donors (Lipinski definition) is 1. The third-order valence-corrected chi connectivity index (χ3v) is 7.13. The number of hydrogen-bond acceptors (Lipinski definition) is 4. The van der Waals surface area contributed by atoms with Crippen molar-refractivity contribution in [2.75, 3.05) is 25.9 Å². The van der Waals surface area contributed by atoms with Crippen molar-refractivity contribution < 1.29 is 17.4 Å². The molecule has 142 valence electrons. The van der Waals surface area contributed by atoms with Crippen LogP contribution in [0, 0.1) is 0 Å². The average Bonchev–Trinajstić information content (AvgIpc) is 2.67. The SMILES string of the molecule is COc1ccc2ccccc2c1S(=O)Nc1ccc(S(=O)(=O)N(C)C)cc1. The minimum absolute atomic E-state index is 0.173. The van der Waals surface area contributed by atoms with Crippen LogP contribution in [0.4, 0.5) is 5.69 Å². The van der Waals surface area contributed by atoms with E-state index in [2.05, 4.69) is 4.72 Å². The van der Waals surface area contributed by atoms with Crippen LogP contribution in [-0.2, 0) is 21.0 Å². The van der Waals surface area contributed by atoms with Crippen LogP contribution in [-0.4, -0.2) is 38.1 Å². The van der Waals surface area contributed by atoms with Gasteiger partial charge in [0, 0.05) is 25.2 Å². The summed E-state index contributed by atoms with van der Waals surface area (Å²) in [7, 11) is -0.611. The highest BCUT2D eigenvalue weighted by molar-refractivity contribution is 7.89. The summed E-state index contributed by atoms with van der Waals surface area (Å²) < 4.78 is 46.7. The predicted octanol–water partition coefficient (Wildman–Crippen LogP) is 3.23. The lowest BCUT2D eigenvalue weighted by atomic mass is 10.1. The number of fused-ring (bicyclic) bond motifs is 1. The van der Waals surface area contributed by atoms with Crippen LogP contribution in [0.1, 0.15) is 0 Å². The van der Waals surface area contributed by atoms with Crippen molar-refractivity contribution in [3.05, 3.63) is 60.7 Å². The number of ether oxygens (including phenoxy) is 1. The first-order valence-electron chi connectivity index (χ1n) is 8.11. The standard InChI is InChI=1S/C19H20N2O4S2/c1-21(2)27(23,24)16-11-9-15(10-12-16)20-26(22)19-17-7-5-4-6-14(17)8-13-18(19)25-3/h4-13,20H,1-3H3. The molecule has 6 nitrogen and oxygen atoms in total. The first kappa shape index (κ1) is 19.3. The molecule has 3 rings (SSSR count). The van der Waals surface area contributed by atoms with Crippen LogP contribution in [0.25, 0.3) is 10.8 Å². The van der Waals surface area contributed by atoms with Gasteiger partial charge in [-0.2, -0.15) is 0 Å². The van der Waals surface area contributed by atoms with Crippen LogP contribution >= 0.6 is 0 Å². The third kappa shape index (κ3) is 3.83. The molecule has 3 aromatic rings. The van der Waals surface area contributed by atoms with Gasteiger partial charge >= 0.3 is 0 Å². The van der Waals surface area contributed by atoms with Gasteiger partial charge in [0.2, 0.25) is 10.0 Å². The highest BCUT2D eigenvalue weighted by Crippen LogP contribution is 2.31. The zero-order valence-electron chi connectivity index (χ0n) is 15.2. The Morgan fingerprint density at radius 3 is 2.26 bits per heavy atom. The Kier molecular flexibility index (Phi) is 5.50. The Hall–Kier alpha value is -2.42. The Morgan fingerprint density at radius 1 is 0.963 bits per heavy atom. The maximum atomic E-state index is 13.0. The van der Waals surface area contributed by atoms with Crippen molar-refractivity contribution in [2.45, 2.75) is 9.79 Å². The molecule has 27 heavy (non-hydrogen) atoms. The minimum Gasteiger partial charge on any atom is -0.495 e. The highest BCUT2D eigenvalue weighted by Gasteiger charge is 2.18. The summed E-state index contributed by atoms with van der Waals surface area (Å²) in [5.41, 5.74) is 0.543. The normalized spacial score (nSPS) is 12.9. The van der Waals surface area contributed by atoms with Gasteiger partial charge in [-0.3, -0.25) is 0 Å². The summed E-state index contributed by atoms with van der Waals surface area (Å²) in [6.45, 7) is 0. The number of sulfonamides is 1. The van der Waals surface area contributed by atoms with E-state index < -0.39 is 21.0 Å². The first-order valence-corrected chi connectivity index (χ1v) is 10.7. The van der Waals surface area contributed by atoms with Crippen LogP contribution < -0.4 is 9.46 Å². The van der Waals surface area contributed by atoms with Gasteiger partial charge in [0.1, 0.15) is 10.6 Å². The number of rotatable bonds is 6. The largest absolute Gasteiger partial charge is 0.495 e. The molecule has 0 aliphatic heterocycles.